The fourth-order valence-corrected chi connectivity index (χ4v) is 3.28. The quantitative estimate of drug-likeness (QED) is 0.396. The number of carbonyl (C=O) groups is 3. The van der Waals surface area contributed by atoms with Gasteiger partial charge in [-0.3, -0.25) is 24.5 Å². The minimum absolute atomic E-state index is 0.0425. The van der Waals surface area contributed by atoms with E-state index < -0.39 is 18.4 Å². The highest BCUT2D eigenvalue weighted by Crippen LogP contribution is 2.15. The Balaban J connectivity index is 1.67. The first-order chi connectivity index (χ1) is 15.8. The molecule has 0 bridgehead atoms. The van der Waals surface area contributed by atoms with E-state index in [0.717, 1.165) is 12.8 Å². The smallest absolute Gasteiger partial charge is 0.359 e. The summed E-state index contributed by atoms with van der Waals surface area (Å²) < 4.78 is 7.87. The molecule has 0 saturated carbocycles. The van der Waals surface area contributed by atoms with Crippen LogP contribution >= 0.6 is 0 Å². The number of Topliss-reactive ketones (excluding diaryl/α,β-unsaturated/α-hetero) is 1. The summed E-state index contributed by atoms with van der Waals surface area (Å²) >= 11 is 0. The van der Waals surface area contributed by atoms with Crippen LogP contribution in [0.3, 0.4) is 0 Å². The van der Waals surface area contributed by atoms with Gasteiger partial charge in [0.25, 0.3) is 11.5 Å². The number of aromatic nitrogens is 3. The Morgan fingerprint density at radius 3 is 2.48 bits per heavy atom. The molecule has 2 heterocycles. The number of ketones is 1. The highest BCUT2D eigenvalue weighted by molar-refractivity contribution is 6.02. The SMILES string of the molecule is CCCCn1nc(C(=O)OCC(=O)c2cc(C)n(NC(=O)c3ccccc3)c2C)ccc1=O. The summed E-state index contributed by atoms with van der Waals surface area (Å²) in [4.78, 5) is 49.4. The van der Waals surface area contributed by atoms with E-state index in [2.05, 4.69) is 10.5 Å². The Hall–Kier alpha value is -4.01. The van der Waals surface area contributed by atoms with E-state index in [1.54, 1.807) is 44.2 Å². The number of ether oxygens (including phenoxy) is 1. The maximum absolute atomic E-state index is 12.7. The number of nitrogens with one attached hydrogen (secondary N) is 1. The van der Waals surface area contributed by atoms with E-state index >= 15 is 0 Å². The van der Waals surface area contributed by atoms with Gasteiger partial charge in [-0.1, -0.05) is 31.5 Å². The zero-order valence-electron chi connectivity index (χ0n) is 18.8. The summed E-state index contributed by atoms with van der Waals surface area (Å²) in [6.45, 7) is 5.34. The molecule has 2 aromatic heterocycles. The van der Waals surface area contributed by atoms with Gasteiger partial charge in [0.15, 0.2) is 12.3 Å². The summed E-state index contributed by atoms with van der Waals surface area (Å²) in [6.07, 6.45) is 1.63. The van der Waals surface area contributed by atoms with Crippen LogP contribution in [0.15, 0.2) is 53.3 Å². The Labute approximate surface area is 191 Å². The maximum atomic E-state index is 12.7. The monoisotopic (exact) mass is 450 g/mol. The van der Waals surface area contributed by atoms with Gasteiger partial charge in [-0.15, -0.1) is 0 Å². The van der Waals surface area contributed by atoms with Crippen LogP contribution in [-0.4, -0.2) is 38.7 Å². The minimum atomic E-state index is -0.792. The molecule has 3 rings (SSSR count). The Morgan fingerprint density at radius 1 is 1.06 bits per heavy atom. The molecule has 33 heavy (non-hydrogen) atoms. The molecule has 0 atom stereocenters. The first-order valence-electron chi connectivity index (χ1n) is 10.7. The van der Waals surface area contributed by atoms with Crippen LogP contribution in [-0.2, 0) is 11.3 Å². The van der Waals surface area contributed by atoms with Crippen molar-refractivity contribution in [3.63, 3.8) is 0 Å². The van der Waals surface area contributed by atoms with Crippen molar-refractivity contribution in [2.75, 3.05) is 12.0 Å². The number of benzene rings is 1. The number of unbranched alkanes of at least 4 members (excludes halogenated alkanes) is 1. The number of aryl methyl sites for hydroxylation is 2. The van der Waals surface area contributed by atoms with Gasteiger partial charge < -0.3 is 4.74 Å². The number of amides is 1. The maximum Gasteiger partial charge on any atom is 0.359 e. The first kappa shape index (κ1) is 23.6. The number of carbonyl (C=O) groups excluding carboxylic acids is 3. The highest BCUT2D eigenvalue weighted by atomic mass is 16.5. The van der Waals surface area contributed by atoms with Gasteiger partial charge in [0, 0.05) is 35.1 Å². The number of esters is 1. The topological polar surface area (TPSA) is 112 Å². The van der Waals surface area contributed by atoms with E-state index in [-0.39, 0.29) is 17.2 Å². The van der Waals surface area contributed by atoms with Crippen LogP contribution in [0.5, 0.6) is 0 Å². The van der Waals surface area contributed by atoms with Crippen molar-refractivity contribution in [1.29, 1.82) is 0 Å². The van der Waals surface area contributed by atoms with Crippen molar-refractivity contribution in [3.05, 3.63) is 87.1 Å². The average molecular weight is 450 g/mol. The number of hydrogen-bond acceptors (Lipinski definition) is 6. The number of nitrogens with zero attached hydrogens (tertiary/aromatic N) is 3. The molecular formula is C24H26N4O5. The molecule has 0 saturated heterocycles. The molecule has 0 aliphatic rings. The molecule has 0 aliphatic heterocycles. The summed E-state index contributed by atoms with van der Waals surface area (Å²) in [5.41, 5.74) is 4.40. The van der Waals surface area contributed by atoms with E-state index in [9.17, 15) is 19.2 Å². The predicted octanol–water partition coefficient (Wildman–Crippen LogP) is 2.89. The molecule has 1 amide bonds. The van der Waals surface area contributed by atoms with Crippen molar-refractivity contribution in [1.82, 2.24) is 14.5 Å². The molecule has 0 aliphatic carbocycles. The molecule has 172 valence electrons. The van der Waals surface area contributed by atoms with E-state index in [0.29, 0.717) is 29.1 Å². The molecule has 0 fully saturated rings. The van der Waals surface area contributed by atoms with Crippen molar-refractivity contribution in [2.45, 2.75) is 40.2 Å². The standard InChI is InChI=1S/C24H26N4O5/c1-4-5-13-27-22(30)12-11-20(25-27)24(32)33-15-21(29)19-14-16(2)28(17(19)3)26-23(31)18-9-7-6-8-10-18/h6-12,14H,4-5,13,15H2,1-3H3,(H,26,31). The summed E-state index contributed by atoms with van der Waals surface area (Å²) in [5, 5.41) is 4.02. The largest absolute Gasteiger partial charge is 0.453 e. The van der Waals surface area contributed by atoms with E-state index in [4.69, 9.17) is 4.74 Å². The van der Waals surface area contributed by atoms with Gasteiger partial charge in [0.05, 0.1) is 0 Å². The minimum Gasteiger partial charge on any atom is -0.453 e. The lowest BCUT2D eigenvalue weighted by Gasteiger charge is -2.11. The third-order valence-corrected chi connectivity index (χ3v) is 5.11. The summed E-state index contributed by atoms with van der Waals surface area (Å²) in [7, 11) is 0. The fraction of sp³-hybridized carbons (Fsp3) is 0.292. The Kier molecular flexibility index (Phi) is 7.55. The van der Waals surface area contributed by atoms with E-state index in [1.165, 1.54) is 21.5 Å². The molecule has 0 unspecified atom stereocenters. The normalized spacial score (nSPS) is 10.6. The summed E-state index contributed by atoms with van der Waals surface area (Å²) in [6, 6.07) is 12.9. The molecule has 1 aromatic carbocycles. The van der Waals surface area contributed by atoms with Crippen LogP contribution in [0.4, 0.5) is 0 Å². The molecule has 9 heteroatoms. The lowest BCUT2D eigenvalue weighted by Crippen LogP contribution is -2.26. The Bertz CT molecular complexity index is 1230. The molecule has 0 radical (unpaired) electrons. The summed E-state index contributed by atoms with van der Waals surface area (Å²) in [5.74, 6) is -1.53. The van der Waals surface area contributed by atoms with Crippen molar-refractivity contribution in [3.8, 4) is 0 Å². The second-order valence-corrected chi connectivity index (χ2v) is 7.56. The second kappa shape index (κ2) is 10.5. The lowest BCUT2D eigenvalue weighted by atomic mass is 10.1. The Morgan fingerprint density at radius 2 is 1.79 bits per heavy atom. The van der Waals surface area contributed by atoms with Gasteiger partial charge in [-0.05, 0) is 44.5 Å². The number of rotatable bonds is 9. The average Bonchev–Trinajstić information content (AvgIpc) is 3.10. The van der Waals surface area contributed by atoms with Gasteiger partial charge in [0.1, 0.15) is 0 Å². The van der Waals surface area contributed by atoms with Crippen LogP contribution in [0, 0.1) is 13.8 Å². The number of hydrogen-bond donors (Lipinski definition) is 1. The van der Waals surface area contributed by atoms with Gasteiger partial charge in [-0.25, -0.2) is 9.48 Å². The van der Waals surface area contributed by atoms with Crippen molar-refractivity contribution in [2.24, 2.45) is 0 Å². The van der Waals surface area contributed by atoms with E-state index in [1.807, 2.05) is 13.0 Å². The molecule has 3 aromatic rings. The zero-order valence-corrected chi connectivity index (χ0v) is 18.8. The van der Waals surface area contributed by atoms with Crippen LogP contribution < -0.4 is 11.0 Å². The molecule has 1 N–H and O–H groups in total. The van der Waals surface area contributed by atoms with Crippen LogP contribution in [0.1, 0.15) is 62.4 Å². The zero-order chi connectivity index (χ0) is 24.0. The van der Waals surface area contributed by atoms with Gasteiger partial charge in [0.2, 0.25) is 5.78 Å². The van der Waals surface area contributed by atoms with Gasteiger partial charge in [-0.2, -0.15) is 5.10 Å². The van der Waals surface area contributed by atoms with Crippen molar-refractivity contribution >= 4 is 17.7 Å². The fourth-order valence-electron chi connectivity index (χ4n) is 3.28. The van der Waals surface area contributed by atoms with Crippen molar-refractivity contribution < 1.29 is 19.1 Å². The third-order valence-electron chi connectivity index (χ3n) is 5.11. The second-order valence-electron chi connectivity index (χ2n) is 7.56. The lowest BCUT2D eigenvalue weighted by molar-refractivity contribution is 0.0466. The first-order valence-corrected chi connectivity index (χ1v) is 10.7. The van der Waals surface area contributed by atoms with Crippen LogP contribution in [0.25, 0.3) is 0 Å². The molecule has 0 spiro atoms. The molecule has 9 nitrogen and oxygen atoms in total. The van der Waals surface area contributed by atoms with Gasteiger partial charge >= 0.3 is 5.97 Å². The van der Waals surface area contributed by atoms with Crippen LogP contribution in [0.2, 0.25) is 0 Å². The molecular weight excluding hydrogens is 424 g/mol. The predicted molar refractivity (Wildman–Crippen MR) is 122 cm³/mol. The third kappa shape index (κ3) is 5.62. The highest BCUT2D eigenvalue weighted by Gasteiger charge is 2.20.